The van der Waals surface area contributed by atoms with Gasteiger partial charge in [-0.2, -0.15) is 0 Å². The molecule has 0 atom stereocenters. The van der Waals surface area contributed by atoms with Gasteiger partial charge in [0, 0.05) is 33.3 Å². The average Bonchev–Trinajstić information content (AvgIpc) is 2.94. The van der Waals surface area contributed by atoms with Crippen LogP contribution in [0.25, 0.3) is 0 Å². The zero-order valence-electron chi connectivity index (χ0n) is 15.9. The van der Waals surface area contributed by atoms with Crippen molar-refractivity contribution in [1.29, 1.82) is 0 Å². The third-order valence-electron chi connectivity index (χ3n) is 5.61. The number of carbonyl (C=O) groups is 2. The summed E-state index contributed by atoms with van der Waals surface area (Å²) in [6.07, 6.45) is 2.20. The lowest BCUT2D eigenvalue weighted by Crippen LogP contribution is -2.52. The number of ether oxygens (including phenoxy) is 1. The summed E-state index contributed by atoms with van der Waals surface area (Å²) in [6.45, 7) is 4.05. The van der Waals surface area contributed by atoms with E-state index in [-0.39, 0.29) is 17.4 Å². The number of hydrogen-bond acceptors (Lipinski definition) is 4. The molecule has 1 aromatic rings. The highest BCUT2D eigenvalue weighted by atomic mass is 19.1. The van der Waals surface area contributed by atoms with E-state index in [2.05, 4.69) is 5.32 Å². The van der Waals surface area contributed by atoms with E-state index >= 15 is 0 Å². The summed E-state index contributed by atoms with van der Waals surface area (Å²) < 4.78 is 19.3. The standard InChI is InChI=1S/C20H28FN3O3/c1-27-15-20(7-9-22-10-8-20)19(26)24-12-4-11-23(13-14-24)18(25)16-5-2-3-6-17(16)21/h2-3,5-6,22H,4,7-15H2,1H3. The van der Waals surface area contributed by atoms with Crippen LogP contribution in [-0.4, -0.2) is 74.6 Å². The maximum absolute atomic E-state index is 13.9. The number of piperidine rings is 1. The molecule has 2 aliphatic heterocycles. The van der Waals surface area contributed by atoms with Gasteiger partial charge in [0.05, 0.1) is 17.6 Å². The highest BCUT2D eigenvalue weighted by Crippen LogP contribution is 2.32. The van der Waals surface area contributed by atoms with Crippen molar-refractivity contribution in [1.82, 2.24) is 15.1 Å². The van der Waals surface area contributed by atoms with Crippen LogP contribution in [0.15, 0.2) is 24.3 Å². The Labute approximate surface area is 159 Å². The van der Waals surface area contributed by atoms with Crippen molar-refractivity contribution in [3.05, 3.63) is 35.6 Å². The smallest absolute Gasteiger partial charge is 0.256 e. The second kappa shape index (κ2) is 8.80. The number of benzene rings is 1. The molecule has 2 fully saturated rings. The zero-order chi connectivity index (χ0) is 19.3. The van der Waals surface area contributed by atoms with Gasteiger partial charge in [-0.3, -0.25) is 9.59 Å². The molecule has 2 aliphatic rings. The van der Waals surface area contributed by atoms with Crippen LogP contribution in [0.2, 0.25) is 0 Å². The minimum Gasteiger partial charge on any atom is -0.384 e. The van der Waals surface area contributed by atoms with Gasteiger partial charge in [-0.25, -0.2) is 4.39 Å². The molecule has 1 N–H and O–H groups in total. The Morgan fingerprint density at radius 3 is 2.48 bits per heavy atom. The molecule has 1 aromatic carbocycles. The lowest BCUT2D eigenvalue weighted by atomic mass is 9.78. The number of rotatable bonds is 4. The predicted molar refractivity (Wildman–Crippen MR) is 99.9 cm³/mol. The quantitative estimate of drug-likeness (QED) is 0.864. The van der Waals surface area contributed by atoms with Gasteiger partial charge >= 0.3 is 0 Å². The molecule has 148 valence electrons. The first-order chi connectivity index (χ1) is 13.1. The molecule has 3 rings (SSSR count). The van der Waals surface area contributed by atoms with Crippen molar-refractivity contribution in [3.8, 4) is 0 Å². The predicted octanol–water partition coefficient (Wildman–Crippen LogP) is 1.52. The lowest BCUT2D eigenvalue weighted by molar-refractivity contribution is -0.147. The van der Waals surface area contributed by atoms with Crippen LogP contribution in [0.3, 0.4) is 0 Å². The molecule has 0 unspecified atom stereocenters. The van der Waals surface area contributed by atoms with Crippen LogP contribution in [0.1, 0.15) is 29.6 Å². The number of carbonyl (C=O) groups excluding carboxylic acids is 2. The molecule has 0 radical (unpaired) electrons. The Balaban J connectivity index is 1.68. The number of hydrogen-bond donors (Lipinski definition) is 1. The summed E-state index contributed by atoms with van der Waals surface area (Å²) in [5.41, 5.74) is -0.392. The summed E-state index contributed by atoms with van der Waals surface area (Å²) in [6, 6.07) is 6.04. The minimum atomic E-state index is -0.506. The molecule has 2 amide bonds. The van der Waals surface area contributed by atoms with E-state index < -0.39 is 11.2 Å². The first-order valence-corrected chi connectivity index (χ1v) is 9.60. The summed E-state index contributed by atoms with van der Waals surface area (Å²) in [7, 11) is 1.63. The Morgan fingerprint density at radius 2 is 1.78 bits per heavy atom. The third-order valence-corrected chi connectivity index (χ3v) is 5.61. The minimum absolute atomic E-state index is 0.0893. The first-order valence-electron chi connectivity index (χ1n) is 9.60. The van der Waals surface area contributed by atoms with Gasteiger partial charge in [0.2, 0.25) is 5.91 Å². The highest BCUT2D eigenvalue weighted by molar-refractivity contribution is 5.94. The molecule has 0 saturated carbocycles. The molecule has 6 nitrogen and oxygen atoms in total. The maximum Gasteiger partial charge on any atom is 0.256 e. The molecule has 2 heterocycles. The van der Waals surface area contributed by atoms with Gasteiger partial charge in [0.15, 0.2) is 0 Å². The largest absolute Gasteiger partial charge is 0.384 e. The Hall–Kier alpha value is -1.99. The van der Waals surface area contributed by atoms with E-state index in [4.69, 9.17) is 4.74 Å². The number of methoxy groups -OCH3 is 1. The van der Waals surface area contributed by atoms with Gasteiger partial charge in [-0.15, -0.1) is 0 Å². The second-order valence-corrected chi connectivity index (χ2v) is 7.38. The summed E-state index contributed by atoms with van der Waals surface area (Å²) in [5.74, 6) is -0.699. The normalized spacial score (nSPS) is 20.2. The fraction of sp³-hybridized carbons (Fsp3) is 0.600. The number of nitrogens with one attached hydrogen (secondary N) is 1. The van der Waals surface area contributed by atoms with Crippen molar-refractivity contribution in [2.75, 3.05) is 53.0 Å². The highest BCUT2D eigenvalue weighted by Gasteiger charge is 2.42. The van der Waals surface area contributed by atoms with E-state index in [9.17, 15) is 14.0 Å². The third kappa shape index (κ3) is 4.30. The van der Waals surface area contributed by atoms with Gasteiger partial charge in [-0.1, -0.05) is 12.1 Å². The number of amides is 2. The molecular formula is C20H28FN3O3. The van der Waals surface area contributed by atoms with Gasteiger partial charge < -0.3 is 19.9 Å². The summed E-state index contributed by atoms with van der Waals surface area (Å²) >= 11 is 0. The van der Waals surface area contributed by atoms with Crippen molar-refractivity contribution >= 4 is 11.8 Å². The zero-order valence-corrected chi connectivity index (χ0v) is 15.9. The Bertz CT molecular complexity index is 671. The van der Waals surface area contributed by atoms with Gasteiger partial charge in [-0.05, 0) is 44.5 Å². The molecule has 0 spiro atoms. The Morgan fingerprint density at radius 1 is 1.11 bits per heavy atom. The van der Waals surface area contributed by atoms with Gasteiger partial charge in [0.1, 0.15) is 5.82 Å². The van der Waals surface area contributed by atoms with Crippen molar-refractivity contribution in [2.45, 2.75) is 19.3 Å². The van der Waals surface area contributed by atoms with Crippen LogP contribution in [0.4, 0.5) is 4.39 Å². The molecule has 27 heavy (non-hydrogen) atoms. The van der Waals surface area contributed by atoms with E-state index in [1.807, 2.05) is 4.90 Å². The van der Waals surface area contributed by atoms with Crippen LogP contribution in [-0.2, 0) is 9.53 Å². The number of halogens is 1. The van der Waals surface area contributed by atoms with Crippen molar-refractivity contribution in [3.63, 3.8) is 0 Å². The Kier molecular flexibility index (Phi) is 6.44. The van der Waals surface area contributed by atoms with Crippen LogP contribution in [0, 0.1) is 11.2 Å². The average molecular weight is 377 g/mol. The monoisotopic (exact) mass is 377 g/mol. The maximum atomic E-state index is 13.9. The van der Waals surface area contributed by atoms with Crippen molar-refractivity contribution in [2.24, 2.45) is 5.41 Å². The summed E-state index contributed by atoms with van der Waals surface area (Å²) in [5, 5.41) is 3.30. The van der Waals surface area contributed by atoms with Crippen molar-refractivity contribution < 1.29 is 18.7 Å². The topological polar surface area (TPSA) is 61.9 Å². The van der Waals surface area contributed by atoms with E-state index in [1.165, 1.54) is 12.1 Å². The first kappa shape index (κ1) is 19.8. The second-order valence-electron chi connectivity index (χ2n) is 7.38. The van der Waals surface area contributed by atoms with Crippen LogP contribution >= 0.6 is 0 Å². The SMILES string of the molecule is COCC1(C(=O)N2CCCN(C(=O)c3ccccc3F)CC2)CCNCC1. The molecule has 2 saturated heterocycles. The molecule has 0 aliphatic carbocycles. The summed E-state index contributed by atoms with van der Waals surface area (Å²) in [4.78, 5) is 29.5. The van der Waals surface area contributed by atoms with E-state index in [0.717, 1.165) is 25.9 Å². The van der Waals surface area contributed by atoms with Crippen LogP contribution in [0.5, 0.6) is 0 Å². The van der Waals surface area contributed by atoms with E-state index in [0.29, 0.717) is 39.2 Å². The van der Waals surface area contributed by atoms with Crippen LogP contribution < -0.4 is 5.32 Å². The van der Waals surface area contributed by atoms with E-state index in [1.54, 1.807) is 24.1 Å². The fourth-order valence-electron chi connectivity index (χ4n) is 4.07. The molecule has 0 bridgehead atoms. The van der Waals surface area contributed by atoms with Gasteiger partial charge in [0.25, 0.3) is 5.91 Å². The fourth-order valence-corrected chi connectivity index (χ4v) is 4.07. The molecular weight excluding hydrogens is 349 g/mol. The number of nitrogens with zero attached hydrogens (tertiary/aromatic N) is 2. The lowest BCUT2D eigenvalue weighted by Gasteiger charge is -2.39. The molecule has 7 heteroatoms. The molecule has 0 aromatic heterocycles.